The fraction of sp³-hybridized carbons (Fsp3) is 0.556. The van der Waals surface area contributed by atoms with E-state index in [1.165, 1.54) is 0 Å². The number of carboxylic acid groups (broad SMARTS) is 1. The topological polar surface area (TPSA) is 101 Å². The lowest BCUT2D eigenvalue weighted by atomic mass is 9.94. The van der Waals surface area contributed by atoms with Crippen molar-refractivity contribution in [2.75, 3.05) is 26.3 Å². The minimum atomic E-state index is -3.54. The molecule has 0 unspecified atom stereocenters. The zero-order chi connectivity index (χ0) is 18.7. The average Bonchev–Trinajstić information content (AvgIpc) is 3.09. The first-order valence-corrected chi connectivity index (χ1v) is 10.4. The molecular formula is C18H23NO6S. The summed E-state index contributed by atoms with van der Waals surface area (Å²) in [5.74, 6) is -3.25. The van der Waals surface area contributed by atoms with Gasteiger partial charge in [-0.1, -0.05) is 30.3 Å². The summed E-state index contributed by atoms with van der Waals surface area (Å²) >= 11 is 0. The fourth-order valence-corrected chi connectivity index (χ4v) is 5.67. The Bertz CT molecular complexity index is 757. The van der Waals surface area contributed by atoms with Crippen LogP contribution in [0.3, 0.4) is 0 Å². The predicted octanol–water partition coefficient (Wildman–Crippen LogP) is 0.940. The van der Waals surface area contributed by atoms with Gasteiger partial charge in [-0.2, -0.15) is 0 Å². The van der Waals surface area contributed by atoms with Gasteiger partial charge in [0.1, 0.15) is 0 Å². The largest absolute Gasteiger partial charge is 0.481 e. The Morgan fingerprint density at radius 2 is 1.69 bits per heavy atom. The molecule has 2 fully saturated rings. The van der Waals surface area contributed by atoms with E-state index in [4.69, 9.17) is 4.74 Å². The van der Waals surface area contributed by atoms with Crippen LogP contribution in [0.25, 0.3) is 0 Å². The Morgan fingerprint density at radius 3 is 2.31 bits per heavy atom. The lowest BCUT2D eigenvalue weighted by Gasteiger charge is -2.30. The third-order valence-corrected chi connectivity index (χ3v) is 7.33. The van der Waals surface area contributed by atoms with Crippen molar-refractivity contribution in [1.82, 2.24) is 4.90 Å². The summed E-state index contributed by atoms with van der Waals surface area (Å²) in [5.41, 5.74) is 0.669. The van der Waals surface area contributed by atoms with E-state index < -0.39 is 32.9 Å². The molecular weight excluding hydrogens is 358 g/mol. The maximum absolute atomic E-state index is 12.8. The zero-order valence-electron chi connectivity index (χ0n) is 14.4. The number of sulfone groups is 1. The van der Waals surface area contributed by atoms with Crippen molar-refractivity contribution in [2.24, 2.45) is 11.8 Å². The van der Waals surface area contributed by atoms with Crippen LogP contribution in [0.5, 0.6) is 0 Å². The van der Waals surface area contributed by atoms with Gasteiger partial charge in [-0.05, 0) is 18.4 Å². The maximum atomic E-state index is 12.8. The van der Waals surface area contributed by atoms with E-state index in [0.29, 0.717) is 31.9 Å². The molecule has 3 atom stereocenters. The van der Waals surface area contributed by atoms with E-state index in [9.17, 15) is 23.1 Å². The van der Waals surface area contributed by atoms with Crippen molar-refractivity contribution in [2.45, 2.75) is 23.8 Å². The van der Waals surface area contributed by atoms with Gasteiger partial charge in [0.15, 0.2) is 9.84 Å². The molecule has 1 saturated heterocycles. The van der Waals surface area contributed by atoms with Crippen molar-refractivity contribution < 1.29 is 27.9 Å². The van der Waals surface area contributed by atoms with Gasteiger partial charge >= 0.3 is 5.97 Å². The molecule has 1 aliphatic heterocycles. The number of aliphatic carboxylic acids is 1. The number of carboxylic acids is 1. The number of benzene rings is 1. The van der Waals surface area contributed by atoms with Crippen LogP contribution in [0, 0.1) is 11.8 Å². The Balaban J connectivity index is 1.76. The molecule has 142 valence electrons. The van der Waals surface area contributed by atoms with Gasteiger partial charge in [0, 0.05) is 13.1 Å². The lowest BCUT2D eigenvalue weighted by molar-refractivity contribution is -0.150. The third kappa shape index (κ3) is 4.07. The molecule has 1 saturated carbocycles. The number of rotatable bonds is 5. The molecule has 1 aromatic rings. The van der Waals surface area contributed by atoms with Gasteiger partial charge in [-0.25, -0.2) is 8.42 Å². The van der Waals surface area contributed by atoms with Crippen molar-refractivity contribution in [3.63, 3.8) is 0 Å². The van der Waals surface area contributed by atoms with Crippen molar-refractivity contribution in [3.05, 3.63) is 35.9 Å². The van der Waals surface area contributed by atoms with Gasteiger partial charge < -0.3 is 14.7 Å². The molecule has 0 spiro atoms. The van der Waals surface area contributed by atoms with Gasteiger partial charge in [-0.3, -0.25) is 9.59 Å². The monoisotopic (exact) mass is 381 g/mol. The van der Waals surface area contributed by atoms with Gasteiger partial charge in [0.05, 0.1) is 36.1 Å². The number of hydrogen-bond donors (Lipinski definition) is 1. The Labute approximate surface area is 152 Å². The lowest BCUT2D eigenvalue weighted by Crippen LogP contribution is -2.45. The van der Waals surface area contributed by atoms with E-state index >= 15 is 0 Å². The smallest absolute Gasteiger partial charge is 0.307 e. The first kappa shape index (κ1) is 18.8. The highest BCUT2D eigenvalue weighted by atomic mass is 32.2. The average molecular weight is 381 g/mol. The molecule has 26 heavy (non-hydrogen) atoms. The predicted molar refractivity (Wildman–Crippen MR) is 94.1 cm³/mol. The summed E-state index contributed by atoms with van der Waals surface area (Å²) < 4.78 is 30.8. The number of hydrogen-bond acceptors (Lipinski definition) is 5. The maximum Gasteiger partial charge on any atom is 0.307 e. The fourth-order valence-electron chi connectivity index (χ4n) is 3.77. The standard InChI is InChI=1S/C18H23NO6S/c20-17(19-6-8-25-9-7-19)15-10-14(11-16(15)18(21)22)26(23,24)12-13-4-2-1-3-5-13/h1-5,14-16H,6-12H2,(H,21,22)/t14-,15-,16-/m1/s1. The molecule has 1 aliphatic carbocycles. The molecule has 8 heteroatoms. The Kier molecular flexibility index (Phi) is 5.62. The number of morpholine rings is 1. The van der Waals surface area contributed by atoms with Crippen LogP contribution in [0.1, 0.15) is 18.4 Å². The van der Waals surface area contributed by atoms with Crippen molar-refractivity contribution in [1.29, 1.82) is 0 Å². The number of nitrogens with zero attached hydrogens (tertiary/aromatic N) is 1. The third-order valence-electron chi connectivity index (χ3n) is 5.20. The minimum Gasteiger partial charge on any atom is -0.481 e. The summed E-state index contributed by atoms with van der Waals surface area (Å²) in [4.78, 5) is 26.0. The summed E-state index contributed by atoms with van der Waals surface area (Å²) in [6, 6.07) is 8.81. The van der Waals surface area contributed by atoms with E-state index in [2.05, 4.69) is 0 Å². The van der Waals surface area contributed by atoms with Crippen LogP contribution >= 0.6 is 0 Å². The summed E-state index contributed by atoms with van der Waals surface area (Å²) in [7, 11) is -3.54. The second kappa shape index (κ2) is 7.75. The van der Waals surface area contributed by atoms with Gasteiger partial charge in [-0.15, -0.1) is 0 Å². The van der Waals surface area contributed by atoms with Gasteiger partial charge in [0.2, 0.25) is 5.91 Å². The summed E-state index contributed by atoms with van der Waals surface area (Å²) in [5, 5.41) is 8.71. The molecule has 0 bridgehead atoms. The van der Waals surface area contributed by atoms with Crippen LogP contribution in [0.2, 0.25) is 0 Å². The zero-order valence-corrected chi connectivity index (χ0v) is 15.2. The molecule has 1 amide bonds. The Hall–Kier alpha value is -1.93. The van der Waals surface area contributed by atoms with Crippen LogP contribution in [-0.4, -0.2) is 61.9 Å². The van der Waals surface area contributed by atoms with Crippen LogP contribution in [-0.2, 0) is 29.9 Å². The van der Waals surface area contributed by atoms with E-state index in [1.54, 1.807) is 29.2 Å². The highest BCUT2D eigenvalue weighted by Crippen LogP contribution is 2.38. The van der Waals surface area contributed by atoms with Crippen LogP contribution in [0.4, 0.5) is 0 Å². The van der Waals surface area contributed by atoms with Crippen molar-refractivity contribution in [3.8, 4) is 0 Å². The second-order valence-corrected chi connectivity index (χ2v) is 9.16. The van der Waals surface area contributed by atoms with E-state index in [1.807, 2.05) is 6.07 Å². The number of amides is 1. The molecule has 0 radical (unpaired) electrons. The van der Waals surface area contributed by atoms with Gasteiger partial charge in [0.25, 0.3) is 0 Å². The number of carbonyl (C=O) groups is 2. The van der Waals surface area contributed by atoms with Crippen LogP contribution < -0.4 is 0 Å². The molecule has 2 aliphatic rings. The molecule has 1 heterocycles. The summed E-state index contributed by atoms with van der Waals surface area (Å²) in [6.07, 6.45) is 0.0631. The van der Waals surface area contributed by atoms with E-state index in [-0.39, 0.29) is 24.5 Å². The normalized spacial score (nSPS) is 26.6. The Morgan fingerprint density at radius 1 is 1.08 bits per heavy atom. The first-order chi connectivity index (χ1) is 12.4. The summed E-state index contributed by atoms with van der Waals surface area (Å²) in [6.45, 7) is 1.68. The number of carbonyl (C=O) groups excluding carboxylic acids is 1. The molecule has 1 aromatic carbocycles. The molecule has 0 aromatic heterocycles. The van der Waals surface area contributed by atoms with E-state index in [0.717, 1.165) is 0 Å². The van der Waals surface area contributed by atoms with Crippen molar-refractivity contribution >= 4 is 21.7 Å². The first-order valence-electron chi connectivity index (χ1n) is 8.73. The molecule has 7 nitrogen and oxygen atoms in total. The number of ether oxygens (including phenoxy) is 1. The SMILES string of the molecule is O=C(O)[C@@H]1C[C@H](S(=O)(=O)Cc2ccccc2)C[C@H]1C(=O)N1CCOCC1. The second-order valence-electron chi connectivity index (χ2n) is 6.88. The molecule has 3 rings (SSSR count). The minimum absolute atomic E-state index is 0.00868. The molecule has 1 N–H and O–H groups in total. The van der Waals surface area contributed by atoms with Crippen LogP contribution in [0.15, 0.2) is 30.3 Å². The quantitative estimate of drug-likeness (QED) is 0.815. The highest BCUT2D eigenvalue weighted by molar-refractivity contribution is 7.91. The highest BCUT2D eigenvalue weighted by Gasteiger charge is 2.48.